The van der Waals surface area contributed by atoms with Crippen LogP contribution >= 0.6 is 30.7 Å². The lowest BCUT2D eigenvalue weighted by Crippen LogP contribution is -2.31. The maximum absolute atomic E-state index is 14.0. The fourth-order valence-electron chi connectivity index (χ4n) is 3.74. The largest absolute Gasteiger partial charge is 0.434 e. The van der Waals surface area contributed by atoms with Crippen LogP contribution in [0.2, 0.25) is 5.02 Å². The summed E-state index contributed by atoms with van der Waals surface area (Å²) in [5.41, 5.74) is -1.94. The summed E-state index contributed by atoms with van der Waals surface area (Å²) in [7, 11) is -3.43. The van der Waals surface area contributed by atoms with Gasteiger partial charge in [-0.2, -0.15) is 9.05 Å². The molecule has 1 atom stereocenters. The molecule has 0 fully saturated rings. The average molecular weight is 671 g/mol. The van der Waals surface area contributed by atoms with E-state index in [1.165, 1.54) is 29.7 Å². The van der Waals surface area contributed by atoms with E-state index in [1.807, 2.05) is 6.07 Å². The number of thiophene rings is 1. The molecule has 0 aliphatic rings. The van der Waals surface area contributed by atoms with Crippen LogP contribution < -0.4 is 5.32 Å². The summed E-state index contributed by atoms with van der Waals surface area (Å²) in [6.45, 7) is 10.6. The van der Waals surface area contributed by atoms with Gasteiger partial charge >= 0.3 is 11.9 Å². The van der Waals surface area contributed by atoms with Crippen molar-refractivity contribution in [2.24, 2.45) is 10.8 Å². The molecule has 0 bridgehead atoms. The lowest BCUT2D eigenvalue weighted by molar-refractivity contribution is -0.161. The van der Waals surface area contributed by atoms with Crippen molar-refractivity contribution in [3.63, 3.8) is 0 Å². The standard InChI is InChI=1S/C31H35ClF2NO7PS/c1-30(2,3)28(37)39-17-41-43(7,42-18-40-29(38)31(4,5)6)26(22-16-44-25-11-9-20(32)15-21(22)25)27(36)35-13-12-19-8-10-23(33)24(34)14-19/h8-16,26H,17-18H2,1-7H3/p+1/b13-12+. The van der Waals surface area contributed by atoms with Gasteiger partial charge in [0.2, 0.25) is 19.2 Å². The third kappa shape index (κ3) is 9.28. The van der Waals surface area contributed by atoms with Gasteiger partial charge in [-0.05, 0) is 88.9 Å². The monoisotopic (exact) mass is 670 g/mol. The molecule has 1 heterocycles. The van der Waals surface area contributed by atoms with Crippen LogP contribution in [0.15, 0.2) is 48.0 Å². The smallest absolute Gasteiger partial charge is 0.313 e. The third-order valence-electron chi connectivity index (χ3n) is 6.25. The summed E-state index contributed by atoms with van der Waals surface area (Å²) in [6.07, 6.45) is 2.68. The van der Waals surface area contributed by atoms with Gasteiger partial charge in [-0.1, -0.05) is 17.7 Å². The van der Waals surface area contributed by atoms with Gasteiger partial charge in [-0.25, -0.2) is 8.78 Å². The first kappa shape index (κ1) is 35.5. The number of amides is 1. The Hall–Kier alpha value is -2.95. The van der Waals surface area contributed by atoms with Crippen LogP contribution in [0, 0.1) is 22.5 Å². The Labute approximate surface area is 265 Å². The molecule has 13 heteroatoms. The molecule has 1 aromatic heterocycles. The van der Waals surface area contributed by atoms with E-state index in [-0.39, 0.29) is 0 Å². The van der Waals surface area contributed by atoms with Crippen LogP contribution in [0.25, 0.3) is 16.2 Å². The predicted octanol–water partition coefficient (Wildman–Crippen LogP) is 8.27. The second-order valence-corrected chi connectivity index (χ2v) is 16.2. The van der Waals surface area contributed by atoms with Gasteiger partial charge in [0.25, 0.3) is 13.6 Å². The lowest BCUT2D eigenvalue weighted by Gasteiger charge is -2.27. The zero-order chi connectivity index (χ0) is 32.9. The number of carbonyl (C=O) groups excluding carboxylic acids is 3. The number of fused-ring (bicyclic) bond motifs is 1. The van der Waals surface area contributed by atoms with Crippen LogP contribution in [-0.2, 0) is 32.9 Å². The summed E-state index contributed by atoms with van der Waals surface area (Å²) in [5.74, 6) is -3.68. The van der Waals surface area contributed by atoms with E-state index in [1.54, 1.807) is 65.7 Å². The van der Waals surface area contributed by atoms with Gasteiger partial charge in [0.05, 0.1) is 10.8 Å². The summed E-state index contributed by atoms with van der Waals surface area (Å²) in [6, 6.07) is 8.57. The van der Waals surface area contributed by atoms with Gasteiger partial charge in [-0.15, -0.1) is 11.3 Å². The van der Waals surface area contributed by atoms with Crippen molar-refractivity contribution in [2.75, 3.05) is 20.3 Å². The first-order valence-corrected chi connectivity index (χ1v) is 16.9. The molecular formula is C31H36ClF2NO7PS+. The first-order valence-electron chi connectivity index (χ1n) is 13.5. The molecule has 0 spiro atoms. The molecule has 1 N–H and O–H groups in total. The molecule has 0 saturated carbocycles. The summed E-state index contributed by atoms with van der Waals surface area (Å²) < 4.78 is 50.8. The van der Waals surface area contributed by atoms with Gasteiger partial charge in [0, 0.05) is 26.9 Å². The molecule has 2 aromatic carbocycles. The Morgan fingerprint density at radius 1 is 0.932 bits per heavy atom. The zero-order valence-corrected chi connectivity index (χ0v) is 28.0. The van der Waals surface area contributed by atoms with E-state index < -0.39 is 67.3 Å². The molecule has 0 saturated heterocycles. The lowest BCUT2D eigenvalue weighted by atomic mass is 9.98. The van der Waals surface area contributed by atoms with Crippen molar-refractivity contribution >= 4 is 64.7 Å². The Morgan fingerprint density at radius 3 is 2.07 bits per heavy atom. The second-order valence-electron chi connectivity index (χ2n) is 12.0. The number of benzene rings is 2. The van der Waals surface area contributed by atoms with Crippen molar-refractivity contribution in [3.05, 3.63) is 75.8 Å². The molecule has 44 heavy (non-hydrogen) atoms. The average Bonchev–Trinajstić information content (AvgIpc) is 3.32. The molecule has 3 rings (SSSR count). The van der Waals surface area contributed by atoms with Crippen molar-refractivity contribution in [2.45, 2.75) is 47.2 Å². The number of esters is 2. The molecule has 8 nitrogen and oxygen atoms in total. The highest BCUT2D eigenvalue weighted by molar-refractivity contribution is 7.67. The molecule has 238 valence electrons. The van der Waals surface area contributed by atoms with E-state index in [9.17, 15) is 23.2 Å². The van der Waals surface area contributed by atoms with Crippen molar-refractivity contribution in [3.8, 4) is 0 Å². The van der Waals surface area contributed by atoms with Crippen molar-refractivity contribution in [1.82, 2.24) is 5.32 Å². The number of hydrogen-bond donors (Lipinski definition) is 1. The zero-order valence-electron chi connectivity index (χ0n) is 25.5. The second kappa shape index (κ2) is 14.4. The Bertz CT molecular complexity index is 1520. The quantitative estimate of drug-likeness (QED) is 0.125. The summed E-state index contributed by atoms with van der Waals surface area (Å²) in [5, 5.41) is 5.56. The first-order chi connectivity index (χ1) is 20.4. The molecule has 3 aromatic rings. The Balaban J connectivity index is 2.02. The van der Waals surface area contributed by atoms with Gasteiger partial charge < -0.3 is 14.8 Å². The molecule has 0 radical (unpaired) electrons. The van der Waals surface area contributed by atoms with E-state index >= 15 is 0 Å². The highest BCUT2D eigenvalue weighted by Crippen LogP contribution is 2.69. The van der Waals surface area contributed by atoms with Crippen molar-refractivity contribution in [1.29, 1.82) is 0 Å². The SMILES string of the molecule is CC(C)(C)C(=O)OCO[P+](C)(OCOC(=O)C(C)(C)C)C(C(=O)N/C=C/c1ccc(F)c(F)c1)c1csc2ccc(Cl)cc12. The highest BCUT2D eigenvalue weighted by atomic mass is 35.5. The number of rotatable bonds is 11. The van der Waals surface area contributed by atoms with Crippen LogP contribution in [0.5, 0.6) is 0 Å². The number of carbonyl (C=O) groups is 3. The normalized spacial score (nSPS) is 13.2. The predicted molar refractivity (Wildman–Crippen MR) is 169 cm³/mol. The van der Waals surface area contributed by atoms with Crippen LogP contribution in [0.3, 0.4) is 0 Å². The van der Waals surface area contributed by atoms with E-state index in [0.29, 0.717) is 21.5 Å². The fourth-order valence-corrected chi connectivity index (χ4v) is 7.10. The third-order valence-corrected chi connectivity index (χ3v) is 10.1. The van der Waals surface area contributed by atoms with Gasteiger partial charge in [0.1, 0.15) is 6.66 Å². The number of nitrogens with one attached hydrogen (secondary N) is 1. The van der Waals surface area contributed by atoms with Gasteiger partial charge in [0.15, 0.2) is 11.6 Å². The molecule has 1 amide bonds. The minimum absolute atomic E-state index is 0.307. The minimum atomic E-state index is -3.43. The van der Waals surface area contributed by atoms with Crippen LogP contribution in [0.4, 0.5) is 8.78 Å². The van der Waals surface area contributed by atoms with Crippen LogP contribution in [-0.4, -0.2) is 38.1 Å². The van der Waals surface area contributed by atoms with Crippen LogP contribution in [0.1, 0.15) is 58.3 Å². The fraction of sp³-hybridized carbons (Fsp3) is 0.387. The van der Waals surface area contributed by atoms with Crippen molar-refractivity contribution < 1.29 is 41.7 Å². The van der Waals surface area contributed by atoms with E-state index in [4.69, 9.17) is 30.1 Å². The van der Waals surface area contributed by atoms with E-state index in [2.05, 4.69) is 5.32 Å². The minimum Gasteiger partial charge on any atom is -0.434 e. The summed E-state index contributed by atoms with van der Waals surface area (Å²) >= 11 is 7.69. The number of ether oxygens (including phenoxy) is 2. The highest BCUT2D eigenvalue weighted by Gasteiger charge is 2.54. The number of halogens is 3. The Kier molecular flexibility index (Phi) is 11.7. The van der Waals surface area contributed by atoms with Gasteiger partial charge in [-0.3, -0.25) is 14.4 Å². The Morgan fingerprint density at radius 2 is 1.52 bits per heavy atom. The molecule has 0 aliphatic heterocycles. The number of hydrogen-bond acceptors (Lipinski definition) is 8. The molecule has 0 aliphatic carbocycles. The van der Waals surface area contributed by atoms with E-state index in [0.717, 1.165) is 16.8 Å². The topological polar surface area (TPSA) is 100 Å². The summed E-state index contributed by atoms with van der Waals surface area (Å²) in [4.78, 5) is 38.9. The molecule has 1 unspecified atom stereocenters. The maximum Gasteiger partial charge on any atom is 0.313 e. The molecular weight excluding hydrogens is 635 g/mol. The maximum atomic E-state index is 14.0.